The molecule has 4 nitrogen and oxygen atoms in total. The van der Waals surface area contributed by atoms with E-state index in [-0.39, 0.29) is 17.8 Å². The minimum Gasteiger partial charge on any atom is -0.283 e. The van der Waals surface area contributed by atoms with E-state index in [9.17, 15) is 9.18 Å². The van der Waals surface area contributed by atoms with Crippen molar-refractivity contribution in [1.82, 2.24) is 9.88 Å². The maximum absolute atomic E-state index is 13.2. The van der Waals surface area contributed by atoms with Crippen LogP contribution in [0.3, 0.4) is 0 Å². The van der Waals surface area contributed by atoms with Gasteiger partial charge >= 0.3 is 0 Å². The number of hydrogen-bond acceptors (Lipinski definition) is 4. The fraction of sp³-hybridized carbons (Fsp3) is 0.286. The zero-order chi connectivity index (χ0) is 18.6. The molecule has 0 spiro atoms. The van der Waals surface area contributed by atoms with Gasteiger partial charge in [0.1, 0.15) is 5.82 Å². The first-order chi connectivity index (χ1) is 13.2. The molecule has 1 amide bonds. The Hall–Kier alpha value is -2.47. The lowest BCUT2D eigenvalue weighted by Gasteiger charge is -2.30. The first kappa shape index (κ1) is 17.9. The number of amidine groups is 1. The third-order valence-electron chi connectivity index (χ3n) is 4.82. The molecule has 27 heavy (non-hydrogen) atoms. The summed E-state index contributed by atoms with van der Waals surface area (Å²) in [6.07, 6.45) is 10.7. The summed E-state index contributed by atoms with van der Waals surface area (Å²) >= 11 is 1.38. The quantitative estimate of drug-likeness (QED) is 0.690. The van der Waals surface area contributed by atoms with Gasteiger partial charge in [0.2, 0.25) is 0 Å². The molecular weight excluding hydrogens is 361 g/mol. The minimum atomic E-state index is -0.287. The summed E-state index contributed by atoms with van der Waals surface area (Å²) in [5.74, 6) is -0.302. The van der Waals surface area contributed by atoms with Crippen LogP contribution in [0.5, 0.6) is 0 Å². The number of carbonyl (C=O) groups excluding carboxylic acids is 1. The summed E-state index contributed by atoms with van der Waals surface area (Å²) in [6.45, 7) is 0. The van der Waals surface area contributed by atoms with Gasteiger partial charge in [0.05, 0.1) is 16.8 Å². The Balaban J connectivity index is 1.68. The molecule has 2 aliphatic rings. The van der Waals surface area contributed by atoms with Gasteiger partial charge in [-0.15, -0.1) is 0 Å². The Kier molecular flexibility index (Phi) is 5.34. The topological polar surface area (TPSA) is 45.6 Å². The summed E-state index contributed by atoms with van der Waals surface area (Å²) in [5.41, 5.74) is 1.54. The Morgan fingerprint density at radius 3 is 2.63 bits per heavy atom. The molecule has 1 aliphatic carbocycles. The van der Waals surface area contributed by atoms with Crippen molar-refractivity contribution in [2.24, 2.45) is 4.99 Å². The van der Waals surface area contributed by atoms with Crippen LogP contribution in [0, 0.1) is 5.82 Å². The molecule has 6 heteroatoms. The van der Waals surface area contributed by atoms with E-state index in [1.54, 1.807) is 24.5 Å². The van der Waals surface area contributed by atoms with Crippen LogP contribution in [-0.2, 0) is 4.79 Å². The molecule has 1 aromatic heterocycles. The number of hydrogen-bond donors (Lipinski definition) is 0. The van der Waals surface area contributed by atoms with Gasteiger partial charge in [-0.05, 0) is 60.5 Å². The first-order valence-electron chi connectivity index (χ1n) is 9.18. The number of aliphatic imine (C=N–C) groups is 1. The molecule has 138 valence electrons. The van der Waals surface area contributed by atoms with Crippen molar-refractivity contribution in [3.8, 4) is 0 Å². The van der Waals surface area contributed by atoms with Crippen molar-refractivity contribution in [1.29, 1.82) is 0 Å². The van der Waals surface area contributed by atoms with Gasteiger partial charge in [-0.3, -0.25) is 14.7 Å². The molecule has 2 aromatic rings. The Bertz CT molecular complexity index is 874. The van der Waals surface area contributed by atoms with Crippen LogP contribution in [0.25, 0.3) is 6.08 Å². The van der Waals surface area contributed by atoms with Gasteiger partial charge in [-0.2, -0.15) is 0 Å². The standard InChI is InChI=1S/C21H20FN3OS/c22-16-10-8-15(9-11-16)13-19-20(26)25(18-6-2-1-3-7-18)21(27-19)24-17-5-4-12-23-14-17/h4-5,8-14,18H,1-3,6-7H2/b19-13-,24-21?. The molecule has 4 rings (SSSR count). The number of carbonyl (C=O) groups is 1. The smallest absolute Gasteiger partial charge is 0.267 e. The molecule has 0 atom stereocenters. The van der Waals surface area contributed by atoms with E-state index < -0.39 is 0 Å². The highest BCUT2D eigenvalue weighted by molar-refractivity contribution is 8.18. The number of nitrogens with zero attached hydrogens (tertiary/aromatic N) is 3. The molecule has 2 fully saturated rings. The number of halogens is 1. The highest BCUT2D eigenvalue weighted by Gasteiger charge is 2.38. The van der Waals surface area contributed by atoms with E-state index in [4.69, 9.17) is 4.99 Å². The zero-order valence-electron chi connectivity index (χ0n) is 14.8. The Labute approximate surface area is 162 Å². The lowest BCUT2D eigenvalue weighted by atomic mass is 9.94. The molecule has 0 N–H and O–H groups in total. The van der Waals surface area contributed by atoms with Crippen LogP contribution in [0.4, 0.5) is 10.1 Å². The van der Waals surface area contributed by atoms with Crippen molar-refractivity contribution >= 4 is 34.6 Å². The van der Waals surface area contributed by atoms with Crippen LogP contribution in [0.2, 0.25) is 0 Å². The highest BCUT2D eigenvalue weighted by Crippen LogP contribution is 2.38. The average Bonchev–Trinajstić information content (AvgIpc) is 3.00. The highest BCUT2D eigenvalue weighted by atomic mass is 32.2. The van der Waals surface area contributed by atoms with Crippen LogP contribution >= 0.6 is 11.8 Å². The van der Waals surface area contributed by atoms with E-state index in [1.165, 1.54) is 30.3 Å². The molecule has 2 heterocycles. The summed E-state index contributed by atoms with van der Waals surface area (Å²) in [7, 11) is 0. The average molecular weight is 381 g/mol. The molecule has 0 bridgehead atoms. The number of rotatable bonds is 3. The number of benzene rings is 1. The number of amides is 1. The first-order valence-corrected chi connectivity index (χ1v) is 10.00. The Morgan fingerprint density at radius 1 is 1.15 bits per heavy atom. The summed E-state index contributed by atoms with van der Waals surface area (Å²) in [5, 5.41) is 0.702. The van der Waals surface area contributed by atoms with Gasteiger partial charge in [-0.25, -0.2) is 9.38 Å². The monoisotopic (exact) mass is 381 g/mol. The fourth-order valence-electron chi connectivity index (χ4n) is 3.47. The van der Waals surface area contributed by atoms with Gasteiger partial charge < -0.3 is 0 Å². The van der Waals surface area contributed by atoms with Crippen molar-refractivity contribution < 1.29 is 9.18 Å². The van der Waals surface area contributed by atoms with E-state index in [2.05, 4.69) is 4.98 Å². The van der Waals surface area contributed by atoms with Gasteiger partial charge in [0.15, 0.2) is 5.17 Å². The molecule has 1 saturated heterocycles. The molecule has 0 unspecified atom stereocenters. The predicted molar refractivity (Wildman–Crippen MR) is 107 cm³/mol. The Morgan fingerprint density at radius 2 is 1.93 bits per heavy atom. The van der Waals surface area contributed by atoms with E-state index >= 15 is 0 Å². The van der Waals surface area contributed by atoms with Gasteiger partial charge in [0, 0.05) is 12.2 Å². The number of thioether (sulfide) groups is 1. The molecule has 0 radical (unpaired) electrons. The fourth-order valence-corrected chi connectivity index (χ4v) is 4.53. The van der Waals surface area contributed by atoms with Crippen LogP contribution in [0.15, 0.2) is 58.7 Å². The van der Waals surface area contributed by atoms with Gasteiger partial charge in [-0.1, -0.05) is 31.4 Å². The maximum atomic E-state index is 13.2. The van der Waals surface area contributed by atoms with Crippen LogP contribution in [0.1, 0.15) is 37.7 Å². The zero-order valence-corrected chi connectivity index (χ0v) is 15.7. The normalized spacial score (nSPS) is 21.4. The molecular formula is C21H20FN3OS. The minimum absolute atomic E-state index is 0.0149. The summed E-state index contributed by atoms with van der Waals surface area (Å²) in [4.78, 5) is 24.4. The second kappa shape index (κ2) is 8.05. The molecule has 1 aliphatic heterocycles. The van der Waals surface area contributed by atoms with Crippen molar-refractivity contribution in [2.45, 2.75) is 38.1 Å². The second-order valence-electron chi connectivity index (χ2n) is 6.73. The third kappa shape index (κ3) is 4.11. The lowest BCUT2D eigenvalue weighted by Crippen LogP contribution is -2.40. The summed E-state index contributed by atoms with van der Waals surface area (Å²) in [6, 6.07) is 10.1. The largest absolute Gasteiger partial charge is 0.283 e. The van der Waals surface area contributed by atoms with E-state index in [1.807, 2.05) is 23.1 Å². The van der Waals surface area contributed by atoms with Crippen molar-refractivity contribution in [3.63, 3.8) is 0 Å². The molecule has 1 aromatic carbocycles. The predicted octanol–water partition coefficient (Wildman–Crippen LogP) is 5.16. The summed E-state index contributed by atoms with van der Waals surface area (Å²) < 4.78 is 13.2. The SMILES string of the molecule is O=C1/C(=C/c2ccc(F)cc2)SC(=Nc2cccnc2)N1C1CCCCC1. The molecule has 1 saturated carbocycles. The van der Waals surface area contributed by atoms with Crippen molar-refractivity contribution in [3.05, 3.63) is 65.1 Å². The third-order valence-corrected chi connectivity index (χ3v) is 5.80. The lowest BCUT2D eigenvalue weighted by molar-refractivity contribution is -0.124. The van der Waals surface area contributed by atoms with E-state index in [0.29, 0.717) is 10.1 Å². The van der Waals surface area contributed by atoms with Crippen LogP contribution < -0.4 is 0 Å². The maximum Gasteiger partial charge on any atom is 0.267 e. The van der Waals surface area contributed by atoms with Gasteiger partial charge in [0.25, 0.3) is 5.91 Å². The second-order valence-corrected chi connectivity index (χ2v) is 7.74. The number of aromatic nitrogens is 1. The van der Waals surface area contributed by atoms with E-state index in [0.717, 1.165) is 36.9 Å². The van der Waals surface area contributed by atoms with Crippen LogP contribution in [-0.4, -0.2) is 27.0 Å². The number of pyridine rings is 1. The van der Waals surface area contributed by atoms with Crippen molar-refractivity contribution in [2.75, 3.05) is 0 Å².